The Morgan fingerprint density at radius 2 is 1.84 bits per heavy atom. The van der Waals surface area contributed by atoms with E-state index in [4.69, 9.17) is 4.98 Å². The molecule has 1 heterocycles. The molecule has 6 nitrogen and oxygen atoms in total. The number of imidazole rings is 1. The Hall–Kier alpha value is -3.58. The van der Waals surface area contributed by atoms with Crippen LogP contribution in [0.5, 0.6) is 5.75 Å². The molecule has 4 aromatic rings. The Morgan fingerprint density at radius 1 is 1.10 bits per heavy atom. The molecule has 0 fully saturated rings. The monoisotopic (exact) mass is 430 g/mol. The number of amides is 1. The molecule has 0 unspecified atom stereocenters. The van der Waals surface area contributed by atoms with E-state index in [-0.39, 0.29) is 17.4 Å². The third-order valence-corrected chi connectivity index (χ3v) is 5.72. The smallest absolute Gasteiger partial charge is 0.250 e. The first-order chi connectivity index (χ1) is 15.1. The van der Waals surface area contributed by atoms with Crippen LogP contribution in [0.2, 0.25) is 0 Å². The van der Waals surface area contributed by atoms with Gasteiger partial charge in [-0.05, 0) is 36.8 Å². The van der Waals surface area contributed by atoms with E-state index >= 15 is 0 Å². The second-order valence-corrected chi connectivity index (χ2v) is 8.04. The van der Waals surface area contributed by atoms with Crippen molar-refractivity contribution in [2.75, 3.05) is 5.75 Å². The number of thioether (sulfide) groups is 1. The molecule has 0 saturated carbocycles. The molecule has 3 aromatic carbocycles. The van der Waals surface area contributed by atoms with Crippen LogP contribution in [0.25, 0.3) is 11.0 Å². The lowest BCUT2D eigenvalue weighted by molar-refractivity contribution is -0.118. The Labute approximate surface area is 184 Å². The fourth-order valence-electron chi connectivity index (χ4n) is 3.13. The number of phenols is 1. The number of rotatable bonds is 7. The summed E-state index contributed by atoms with van der Waals surface area (Å²) in [5.74, 6) is 0.0420. The minimum absolute atomic E-state index is 0.111. The van der Waals surface area contributed by atoms with Gasteiger partial charge in [-0.25, -0.2) is 10.4 Å². The SMILES string of the molecule is Cc1ccc(Cn2c(SCC(=O)NN=Cc3ccccc3O)nc3ccccc32)cc1. The largest absolute Gasteiger partial charge is 0.507 e. The summed E-state index contributed by atoms with van der Waals surface area (Å²) in [6, 6.07) is 23.2. The van der Waals surface area contributed by atoms with E-state index in [0.29, 0.717) is 12.1 Å². The van der Waals surface area contributed by atoms with Crippen LogP contribution < -0.4 is 5.43 Å². The molecule has 0 atom stereocenters. The van der Waals surface area contributed by atoms with Crippen molar-refractivity contribution in [2.45, 2.75) is 18.6 Å². The highest BCUT2D eigenvalue weighted by Crippen LogP contribution is 2.25. The van der Waals surface area contributed by atoms with Crippen LogP contribution in [0.15, 0.2) is 83.1 Å². The number of para-hydroxylation sites is 3. The number of phenolic OH excluding ortho intramolecular Hbond substituents is 1. The second-order valence-electron chi connectivity index (χ2n) is 7.10. The quantitative estimate of drug-likeness (QED) is 0.260. The van der Waals surface area contributed by atoms with Crippen LogP contribution in [0.4, 0.5) is 0 Å². The van der Waals surface area contributed by atoms with E-state index in [1.165, 1.54) is 29.1 Å². The van der Waals surface area contributed by atoms with Gasteiger partial charge in [0.1, 0.15) is 5.75 Å². The average Bonchev–Trinajstić information content (AvgIpc) is 3.12. The molecule has 0 spiro atoms. The van der Waals surface area contributed by atoms with Gasteiger partial charge in [-0.15, -0.1) is 0 Å². The normalized spacial score (nSPS) is 11.3. The number of fused-ring (bicyclic) bond motifs is 1. The number of aromatic hydroxyl groups is 1. The van der Waals surface area contributed by atoms with Gasteiger partial charge in [0.25, 0.3) is 5.91 Å². The molecule has 0 aliphatic carbocycles. The van der Waals surface area contributed by atoms with Gasteiger partial charge in [0.2, 0.25) is 0 Å². The highest BCUT2D eigenvalue weighted by Gasteiger charge is 2.13. The van der Waals surface area contributed by atoms with Crippen LogP contribution in [-0.2, 0) is 11.3 Å². The van der Waals surface area contributed by atoms with Gasteiger partial charge in [-0.2, -0.15) is 5.10 Å². The van der Waals surface area contributed by atoms with Crippen LogP contribution in [0, 0.1) is 6.92 Å². The highest BCUT2D eigenvalue weighted by molar-refractivity contribution is 7.99. The Bertz CT molecular complexity index is 1230. The van der Waals surface area contributed by atoms with Crippen molar-refractivity contribution in [1.29, 1.82) is 0 Å². The first kappa shape index (κ1) is 20.7. The van der Waals surface area contributed by atoms with E-state index in [1.54, 1.807) is 24.3 Å². The second kappa shape index (κ2) is 9.49. The molecule has 0 radical (unpaired) electrons. The van der Waals surface area contributed by atoms with Gasteiger partial charge >= 0.3 is 0 Å². The molecule has 0 bridgehead atoms. The number of benzene rings is 3. The lowest BCUT2D eigenvalue weighted by Gasteiger charge is -2.09. The zero-order valence-corrected chi connectivity index (χ0v) is 17.8. The van der Waals surface area contributed by atoms with Crippen molar-refractivity contribution < 1.29 is 9.90 Å². The molecule has 7 heteroatoms. The van der Waals surface area contributed by atoms with Crippen molar-refractivity contribution in [3.8, 4) is 5.75 Å². The average molecular weight is 431 g/mol. The molecule has 4 rings (SSSR count). The van der Waals surface area contributed by atoms with Crippen molar-refractivity contribution in [3.63, 3.8) is 0 Å². The Kier molecular flexibility index (Phi) is 6.33. The van der Waals surface area contributed by atoms with Crippen LogP contribution >= 0.6 is 11.8 Å². The van der Waals surface area contributed by atoms with Gasteiger partial charge < -0.3 is 9.67 Å². The molecule has 0 aliphatic rings. The molecule has 1 amide bonds. The Morgan fingerprint density at radius 3 is 2.65 bits per heavy atom. The molecule has 156 valence electrons. The van der Waals surface area contributed by atoms with E-state index in [2.05, 4.69) is 46.3 Å². The maximum Gasteiger partial charge on any atom is 0.250 e. The van der Waals surface area contributed by atoms with E-state index in [9.17, 15) is 9.90 Å². The summed E-state index contributed by atoms with van der Waals surface area (Å²) < 4.78 is 2.13. The molecular weight excluding hydrogens is 408 g/mol. The number of aromatic nitrogens is 2. The first-order valence-corrected chi connectivity index (χ1v) is 10.8. The first-order valence-electron chi connectivity index (χ1n) is 9.83. The summed E-state index contributed by atoms with van der Waals surface area (Å²) in [7, 11) is 0. The number of aryl methyl sites for hydroxylation is 1. The molecule has 1 aromatic heterocycles. The van der Waals surface area contributed by atoms with Crippen LogP contribution in [0.1, 0.15) is 16.7 Å². The number of hydrazone groups is 1. The van der Waals surface area contributed by atoms with Crippen LogP contribution in [-0.4, -0.2) is 32.5 Å². The number of carbonyl (C=O) groups excluding carboxylic acids is 1. The summed E-state index contributed by atoms with van der Waals surface area (Å²) in [6.45, 7) is 2.74. The molecule has 2 N–H and O–H groups in total. The fraction of sp³-hybridized carbons (Fsp3) is 0.125. The predicted octanol–water partition coefficient (Wildman–Crippen LogP) is 4.34. The number of hydrogen-bond acceptors (Lipinski definition) is 5. The lowest BCUT2D eigenvalue weighted by atomic mass is 10.1. The Balaban J connectivity index is 1.46. The molecule has 31 heavy (non-hydrogen) atoms. The van der Waals surface area contributed by atoms with Crippen molar-refractivity contribution in [1.82, 2.24) is 15.0 Å². The number of nitrogens with one attached hydrogen (secondary N) is 1. The summed E-state index contributed by atoms with van der Waals surface area (Å²) in [5.41, 5.74) is 7.36. The minimum Gasteiger partial charge on any atom is -0.507 e. The van der Waals surface area contributed by atoms with Gasteiger partial charge in [0, 0.05) is 5.56 Å². The summed E-state index contributed by atoms with van der Waals surface area (Å²) in [6.07, 6.45) is 1.42. The van der Waals surface area contributed by atoms with Crippen molar-refractivity contribution >= 4 is 34.9 Å². The number of nitrogens with zero attached hydrogens (tertiary/aromatic N) is 3. The van der Waals surface area contributed by atoms with Crippen LogP contribution in [0.3, 0.4) is 0 Å². The third-order valence-electron chi connectivity index (χ3n) is 4.74. The maximum absolute atomic E-state index is 12.3. The lowest BCUT2D eigenvalue weighted by Crippen LogP contribution is -2.20. The molecular formula is C24H22N4O2S. The summed E-state index contributed by atoms with van der Waals surface area (Å²) in [5, 5.41) is 14.5. The van der Waals surface area contributed by atoms with Gasteiger partial charge in [-0.3, -0.25) is 4.79 Å². The standard InChI is InChI=1S/C24H22N4O2S/c1-17-10-12-18(13-11-17)15-28-21-8-4-3-7-20(21)26-24(28)31-16-23(30)27-25-14-19-6-2-5-9-22(19)29/h2-14,29H,15-16H2,1H3,(H,27,30). The van der Waals surface area contributed by atoms with Gasteiger partial charge in [0.05, 0.1) is 29.5 Å². The summed E-state index contributed by atoms with van der Waals surface area (Å²) >= 11 is 1.37. The predicted molar refractivity (Wildman–Crippen MR) is 125 cm³/mol. The third kappa shape index (κ3) is 5.13. The van der Waals surface area contributed by atoms with E-state index in [0.717, 1.165) is 16.2 Å². The number of carbonyl (C=O) groups is 1. The fourth-order valence-corrected chi connectivity index (χ4v) is 3.93. The van der Waals surface area contributed by atoms with Gasteiger partial charge in [-0.1, -0.05) is 65.9 Å². The molecule has 0 aliphatic heterocycles. The number of hydrogen-bond donors (Lipinski definition) is 2. The van der Waals surface area contributed by atoms with E-state index < -0.39 is 0 Å². The van der Waals surface area contributed by atoms with E-state index in [1.807, 2.05) is 24.3 Å². The topological polar surface area (TPSA) is 79.5 Å². The minimum atomic E-state index is -0.245. The molecule has 0 saturated heterocycles. The zero-order valence-electron chi connectivity index (χ0n) is 17.0. The van der Waals surface area contributed by atoms with Gasteiger partial charge in [0.15, 0.2) is 5.16 Å². The highest BCUT2D eigenvalue weighted by atomic mass is 32.2. The maximum atomic E-state index is 12.3. The zero-order chi connectivity index (χ0) is 21.6. The van der Waals surface area contributed by atoms with Crippen molar-refractivity contribution in [2.24, 2.45) is 5.10 Å². The summed E-state index contributed by atoms with van der Waals surface area (Å²) in [4.78, 5) is 17.0. The van der Waals surface area contributed by atoms with Crippen molar-refractivity contribution in [3.05, 3.63) is 89.5 Å².